The summed E-state index contributed by atoms with van der Waals surface area (Å²) in [6.45, 7) is 1.51. The van der Waals surface area contributed by atoms with Crippen LogP contribution >= 0.6 is 11.3 Å². The second-order valence-electron chi connectivity index (χ2n) is 7.34. The number of amides is 1. The summed E-state index contributed by atoms with van der Waals surface area (Å²) in [5, 5.41) is 3.20. The number of thiophene rings is 1. The number of para-hydroxylation sites is 1. The predicted octanol–water partition coefficient (Wildman–Crippen LogP) is 3.93. The molecule has 2 aromatic heterocycles. The summed E-state index contributed by atoms with van der Waals surface area (Å²) in [4.78, 5) is 47.1. The Kier molecular flexibility index (Phi) is 6.75. The van der Waals surface area contributed by atoms with Crippen LogP contribution in [-0.2, 0) is 27.1 Å². The molecule has 0 radical (unpaired) electrons. The molecule has 1 aromatic carbocycles. The van der Waals surface area contributed by atoms with Crippen LogP contribution in [0.3, 0.4) is 0 Å². The standard InChI is InChI=1S/C23H23N3O5S/c1-2-30-23(29)19-14-7-4-3-5-10-17(14)32-21(19)26-18(27)13-31-22(28)15-8-6-9-16-20(15)25-12-11-24-16/h6,8-9,11-12H,2-5,7,10,13H2,1H3,(H,26,27). The van der Waals surface area contributed by atoms with Crippen molar-refractivity contribution in [3.05, 3.63) is 52.2 Å². The number of carbonyl (C=O) groups excluding carboxylic acids is 3. The molecule has 166 valence electrons. The highest BCUT2D eigenvalue weighted by Gasteiger charge is 2.27. The van der Waals surface area contributed by atoms with Gasteiger partial charge in [-0.1, -0.05) is 12.5 Å². The number of fused-ring (bicyclic) bond motifs is 2. The number of hydrogen-bond acceptors (Lipinski definition) is 8. The van der Waals surface area contributed by atoms with Crippen LogP contribution < -0.4 is 5.32 Å². The minimum absolute atomic E-state index is 0.235. The van der Waals surface area contributed by atoms with E-state index in [1.807, 2.05) is 0 Å². The van der Waals surface area contributed by atoms with Crippen molar-refractivity contribution in [3.63, 3.8) is 0 Å². The normalized spacial score (nSPS) is 13.2. The van der Waals surface area contributed by atoms with Crippen LogP contribution in [0.25, 0.3) is 11.0 Å². The molecule has 1 aliphatic carbocycles. The quantitative estimate of drug-likeness (QED) is 0.445. The average Bonchev–Trinajstić information content (AvgIpc) is 2.97. The molecule has 0 saturated carbocycles. The second kappa shape index (κ2) is 9.86. The molecule has 1 aliphatic rings. The van der Waals surface area contributed by atoms with Crippen molar-refractivity contribution in [2.45, 2.75) is 39.0 Å². The Morgan fingerprint density at radius 1 is 1.03 bits per heavy atom. The van der Waals surface area contributed by atoms with Gasteiger partial charge in [0.1, 0.15) is 10.5 Å². The topological polar surface area (TPSA) is 107 Å². The van der Waals surface area contributed by atoms with Crippen molar-refractivity contribution >= 4 is 45.2 Å². The molecule has 0 unspecified atom stereocenters. The van der Waals surface area contributed by atoms with Crippen molar-refractivity contribution in [1.82, 2.24) is 9.97 Å². The number of rotatable bonds is 6. The number of esters is 2. The third kappa shape index (κ3) is 4.62. The van der Waals surface area contributed by atoms with Crippen LogP contribution in [0.5, 0.6) is 0 Å². The van der Waals surface area contributed by atoms with E-state index in [9.17, 15) is 14.4 Å². The zero-order valence-corrected chi connectivity index (χ0v) is 18.5. The number of aromatic nitrogens is 2. The maximum Gasteiger partial charge on any atom is 0.341 e. The fourth-order valence-electron chi connectivity index (χ4n) is 3.78. The highest BCUT2D eigenvalue weighted by Crippen LogP contribution is 2.38. The van der Waals surface area contributed by atoms with E-state index in [4.69, 9.17) is 9.47 Å². The Bertz CT molecular complexity index is 1170. The maximum atomic E-state index is 12.6. The van der Waals surface area contributed by atoms with Gasteiger partial charge in [0.15, 0.2) is 6.61 Å². The summed E-state index contributed by atoms with van der Waals surface area (Å²) in [5.74, 6) is -1.63. The molecule has 0 spiro atoms. The predicted molar refractivity (Wildman–Crippen MR) is 120 cm³/mol. The summed E-state index contributed by atoms with van der Waals surface area (Å²) in [5.41, 5.74) is 2.60. The Balaban J connectivity index is 1.48. The van der Waals surface area contributed by atoms with Gasteiger partial charge in [0.2, 0.25) is 0 Å². The lowest BCUT2D eigenvalue weighted by Crippen LogP contribution is -2.22. The lowest BCUT2D eigenvalue weighted by atomic mass is 10.1. The van der Waals surface area contributed by atoms with Crippen molar-refractivity contribution in [2.24, 2.45) is 0 Å². The first-order valence-electron chi connectivity index (χ1n) is 10.6. The second-order valence-corrected chi connectivity index (χ2v) is 8.45. The molecule has 2 heterocycles. The molecule has 0 saturated heterocycles. The fourth-order valence-corrected chi connectivity index (χ4v) is 5.07. The highest BCUT2D eigenvalue weighted by atomic mass is 32.1. The number of aryl methyl sites for hydroxylation is 1. The molecule has 0 bridgehead atoms. The number of nitrogens with one attached hydrogen (secondary N) is 1. The van der Waals surface area contributed by atoms with E-state index in [1.165, 1.54) is 23.7 Å². The number of benzene rings is 1. The van der Waals surface area contributed by atoms with Gasteiger partial charge in [0.25, 0.3) is 5.91 Å². The van der Waals surface area contributed by atoms with Gasteiger partial charge in [-0.2, -0.15) is 0 Å². The van der Waals surface area contributed by atoms with Crippen molar-refractivity contribution < 1.29 is 23.9 Å². The molecular formula is C23H23N3O5S. The minimum Gasteiger partial charge on any atom is -0.462 e. The lowest BCUT2D eigenvalue weighted by Gasteiger charge is -2.09. The summed E-state index contributed by atoms with van der Waals surface area (Å²) in [6, 6.07) is 4.99. The first-order chi connectivity index (χ1) is 15.6. The lowest BCUT2D eigenvalue weighted by molar-refractivity contribution is -0.119. The first kappa shape index (κ1) is 21.9. The SMILES string of the molecule is CCOC(=O)c1c(NC(=O)COC(=O)c2cccc3nccnc23)sc2c1CCCCC2. The molecule has 0 fully saturated rings. The van der Waals surface area contributed by atoms with Gasteiger partial charge >= 0.3 is 11.9 Å². The Hall–Kier alpha value is -3.33. The summed E-state index contributed by atoms with van der Waals surface area (Å²) in [7, 11) is 0. The van der Waals surface area contributed by atoms with Crippen LogP contribution in [-0.4, -0.2) is 41.0 Å². The zero-order chi connectivity index (χ0) is 22.5. The van der Waals surface area contributed by atoms with E-state index in [-0.39, 0.29) is 12.2 Å². The third-order valence-corrected chi connectivity index (χ3v) is 6.41. The number of carbonyl (C=O) groups is 3. The minimum atomic E-state index is -0.668. The third-order valence-electron chi connectivity index (χ3n) is 5.21. The van der Waals surface area contributed by atoms with E-state index in [2.05, 4.69) is 15.3 Å². The number of anilines is 1. The monoisotopic (exact) mass is 453 g/mol. The smallest absolute Gasteiger partial charge is 0.341 e. The number of ether oxygens (including phenoxy) is 2. The van der Waals surface area contributed by atoms with Crippen LogP contribution in [0.15, 0.2) is 30.6 Å². The summed E-state index contributed by atoms with van der Waals surface area (Å²) < 4.78 is 10.4. The fraction of sp³-hybridized carbons (Fsp3) is 0.348. The largest absolute Gasteiger partial charge is 0.462 e. The Morgan fingerprint density at radius 3 is 2.69 bits per heavy atom. The maximum absolute atomic E-state index is 12.6. The Labute approximate surface area is 189 Å². The molecule has 1 N–H and O–H groups in total. The van der Waals surface area contributed by atoms with E-state index >= 15 is 0 Å². The van der Waals surface area contributed by atoms with Gasteiger partial charge in [-0.15, -0.1) is 11.3 Å². The number of hydrogen-bond donors (Lipinski definition) is 1. The van der Waals surface area contributed by atoms with Crippen molar-refractivity contribution in [1.29, 1.82) is 0 Å². The van der Waals surface area contributed by atoms with Gasteiger partial charge in [-0.3, -0.25) is 14.8 Å². The van der Waals surface area contributed by atoms with Crippen molar-refractivity contribution in [3.8, 4) is 0 Å². The van der Waals surface area contributed by atoms with Gasteiger partial charge in [0, 0.05) is 17.3 Å². The molecule has 3 aromatic rings. The molecule has 4 rings (SSSR count). The highest BCUT2D eigenvalue weighted by molar-refractivity contribution is 7.17. The summed E-state index contributed by atoms with van der Waals surface area (Å²) in [6.07, 6.45) is 7.84. The van der Waals surface area contributed by atoms with Gasteiger partial charge in [-0.25, -0.2) is 9.59 Å². The van der Waals surface area contributed by atoms with E-state index < -0.39 is 24.5 Å². The number of nitrogens with zero attached hydrogens (tertiary/aromatic N) is 2. The van der Waals surface area contributed by atoms with E-state index in [0.29, 0.717) is 21.6 Å². The Morgan fingerprint density at radius 2 is 1.84 bits per heavy atom. The molecule has 9 heteroatoms. The molecule has 8 nitrogen and oxygen atoms in total. The molecule has 32 heavy (non-hydrogen) atoms. The van der Waals surface area contributed by atoms with Gasteiger partial charge in [0.05, 0.1) is 23.3 Å². The average molecular weight is 454 g/mol. The van der Waals surface area contributed by atoms with Crippen LogP contribution in [0.2, 0.25) is 0 Å². The molecule has 1 amide bonds. The van der Waals surface area contributed by atoms with Gasteiger partial charge in [-0.05, 0) is 50.3 Å². The van der Waals surface area contributed by atoms with Crippen molar-refractivity contribution in [2.75, 3.05) is 18.5 Å². The first-order valence-corrected chi connectivity index (χ1v) is 11.4. The zero-order valence-electron chi connectivity index (χ0n) is 17.7. The molecule has 0 aliphatic heterocycles. The van der Waals surface area contributed by atoms with E-state index in [0.717, 1.165) is 42.5 Å². The van der Waals surface area contributed by atoms with E-state index in [1.54, 1.807) is 25.1 Å². The van der Waals surface area contributed by atoms with Crippen LogP contribution in [0.4, 0.5) is 5.00 Å². The van der Waals surface area contributed by atoms with Crippen LogP contribution in [0, 0.1) is 0 Å². The summed E-state index contributed by atoms with van der Waals surface area (Å²) >= 11 is 1.40. The molecule has 0 atom stereocenters. The van der Waals surface area contributed by atoms with Gasteiger partial charge < -0.3 is 14.8 Å². The van der Waals surface area contributed by atoms with Crippen LogP contribution in [0.1, 0.15) is 57.3 Å². The molecular weight excluding hydrogens is 430 g/mol.